The average molecular weight is 237 g/mol. The zero-order chi connectivity index (χ0) is 12.5. The highest BCUT2D eigenvalue weighted by Gasteiger charge is 2.43. The number of aryl methyl sites for hydroxylation is 1. The van der Waals surface area contributed by atoms with Gasteiger partial charge in [-0.1, -0.05) is 6.92 Å². The Morgan fingerprint density at radius 3 is 2.59 bits per heavy atom. The Morgan fingerprint density at radius 1 is 1.41 bits per heavy atom. The topological polar surface area (TPSA) is 32.3 Å². The molecule has 0 heterocycles. The number of aliphatic hydroxyl groups is 1. The number of hydrogen-bond acceptors (Lipinski definition) is 2. The van der Waals surface area contributed by atoms with E-state index in [0.29, 0.717) is 5.92 Å². The number of aliphatic hydroxyl groups excluding tert-OH is 1. The lowest BCUT2D eigenvalue weighted by molar-refractivity contribution is 0.188. The Labute approximate surface area is 102 Å². The maximum atomic E-state index is 13.3. The molecular formula is C14H20FNO. The number of benzene rings is 1. The minimum atomic E-state index is -0.278. The molecule has 94 valence electrons. The highest BCUT2D eigenvalue weighted by molar-refractivity contribution is 5.49. The summed E-state index contributed by atoms with van der Waals surface area (Å²) in [6.07, 6.45) is 3.15. The molecule has 1 unspecified atom stereocenters. The van der Waals surface area contributed by atoms with Crippen LogP contribution >= 0.6 is 0 Å². The number of halogens is 1. The summed E-state index contributed by atoms with van der Waals surface area (Å²) in [5, 5.41) is 13.0. The van der Waals surface area contributed by atoms with E-state index in [9.17, 15) is 9.50 Å². The van der Waals surface area contributed by atoms with Gasteiger partial charge in [0.15, 0.2) is 0 Å². The highest BCUT2D eigenvalue weighted by atomic mass is 19.1. The number of hydrogen-bond donors (Lipinski definition) is 2. The third-order valence-electron chi connectivity index (χ3n) is 3.71. The van der Waals surface area contributed by atoms with Gasteiger partial charge in [0, 0.05) is 5.69 Å². The molecule has 1 aromatic carbocycles. The molecule has 3 heteroatoms. The highest BCUT2D eigenvalue weighted by Crippen LogP contribution is 2.43. The molecule has 2 rings (SSSR count). The summed E-state index contributed by atoms with van der Waals surface area (Å²) in [5.41, 5.74) is 1.39. The van der Waals surface area contributed by atoms with E-state index in [-0.39, 0.29) is 18.0 Å². The van der Waals surface area contributed by atoms with Gasteiger partial charge < -0.3 is 10.4 Å². The predicted molar refractivity (Wildman–Crippen MR) is 67.6 cm³/mol. The van der Waals surface area contributed by atoms with Gasteiger partial charge in [-0.3, -0.25) is 0 Å². The van der Waals surface area contributed by atoms with Gasteiger partial charge in [0.25, 0.3) is 0 Å². The molecule has 0 aliphatic heterocycles. The van der Waals surface area contributed by atoms with E-state index in [4.69, 9.17) is 0 Å². The van der Waals surface area contributed by atoms with Crippen LogP contribution in [0.4, 0.5) is 10.1 Å². The lowest BCUT2D eigenvalue weighted by Crippen LogP contribution is -2.43. The van der Waals surface area contributed by atoms with Crippen LogP contribution in [0.1, 0.15) is 31.7 Å². The molecule has 1 aromatic rings. The van der Waals surface area contributed by atoms with Crippen molar-refractivity contribution >= 4 is 5.69 Å². The van der Waals surface area contributed by atoms with Crippen LogP contribution in [0.3, 0.4) is 0 Å². The molecule has 0 bridgehead atoms. The zero-order valence-corrected chi connectivity index (χ0v) is 10.5. The van der Waals surface area contributed by atoms with Gasteiger partial charge in [0.1, 0.15) is 5.82 Å². The van der Waals surface area contributed by atoms with Crippen LogP contribution in [0.5, 0.6) is 0 Å². The minimum Gasteiger partial charge on any atom is -0.394 e. The Kier molecular flexibility index (Phi) is 3.38. The monoisotopic (exact) mass is 237 g/mol. The number of rotatable bonds is 5. The lowest BCUT2D eigenvalue weighted by atomic mass is 9.90. The van der Waals surface area contributed by atoms with E-state index < -0.39 is 0 Å². The van der Waals surface area contributed by atoms with E-state index in [2.05, 4.69) is 12.2 Å². The molecule has 0 saturated heterocycles. The van der Waals surface area contributed by atoms with Gasteiger partial charge in [-0.2, -0.15) is 0 Å². The van der Waals surface area contributed by atoms with Crippen molar-refractivity contribution < 1.29 is 9.50 Å². The largest absolute Gasteiger partial charge is 0.394 e. The second-order valence-corrected chi connectivity index (χ2v) is 5.08. The fourth-order valence-corrected chi connectivity index (χ4v) is 2.49. The van der Waals surface area contributed by atoms with Crippen LogP contribution in [0.15, 0.2) is 18.2 Å². The molecule has 1 atom stereocenters. The molecule has 0 amide bonds. The molecule has 17 heavy (non-hydrogen) atoms. The van der Waals surface area contributed by atoms with Crippen molar-refractivity contribution in [3.05, 3.63) is 29.6 Å². The summed E-state index contributed by atoms with van der Waals surface area (Å²) in [5.74, 6) is 0.285. The smallest absolute Gasteiger partial charge is 0.125 e. The van der Waals surface area contributed by atoms with E-state index in [1.165, 1.54) is 12.1 Å². The van der Waals surface area contributed by atoms with Gasteiger partial charge in [-0.25, -0.2) is 4.39 Å². The standard InChI is InChI=1S/C14H20FNO/c1-3-14(9-17,11-4-5-11)16-13-7-10(2)6-12(15)8-13/h6-8,11,16-17H,3-5,9H2,1-2H3. The van der Waals surface area contributed by atoms with E-state index >= 15 is 0 Å². The van der Waals surface area contributed by atoms with Crippen molar-refractivity contribution in [1.82, 2.24) is 0 Å². The first-order valence-electron chi connectivity index (χ1n) is 6.26. The Morgan fingerprint density at radius 2 is 2.12 bits per heavy atom. The van der Waals surface area contributed by atoms with E-state index in [0.717, 1.165) is 30.5 Å². The molecule has 1 aliphatic carbocycles. The first-order valence-corrected chi connectivity index (χ1v) is 6.26. The molecule has 1 fully saturated rings. The third-order valence-corrected chi connectivity index (χ3v) is 3.71. The second-order valence-electron chi connectivity index (χ2n) is 5.08. The van der Waals surface area contributed by atoms with Crippen molar-refractivity contribution in [3.63, 3.8) is 0 Å². The molecule has 0 spiro atoms. The fraction of sp³-hybridized carbons (Fsp3) is 0.571. The Hall–Kier alpha value is -1.09. The van der Waals surface area contributed by atoms with Crippen LogP contribution in [0.25, 0.3) is 0 Å². The second kappa shape index (κ2) is 4.65. The number of nitrogens with one attached hydrogen (secondary N) is 1. The molecule has 0 radical (unpaired) electrons. The molecule has 2 nitrogen and oxygen atoms in total. The Bertz CT molecular complexity index is 377. The van der Waals surface area contributed by atoms with Crippen molar-refractivity contribution in [2.45, 2.75) is 38.6 Å². The van der Waals surface area contributed by atoms with Gasteiger partial charge >= 0.3 is 0 Å². The zero-order valence-electron chi connectivity index (χ0n) is 10.5. The summed E-state index contributed by atoms with van der Waals surface area (Å²) in [7, 11) is 0. The van der Waals surface area contributed by atoms with Crippen LogP contribution in [-0.4, -0.2) is 17.3 Å². The van der Waals surface area contributed by atoms with Gasteiger partial charge in [-0.15, -0.1) is 0 Å². The lowest BCUT2D eigenvalue weighted by Gasteiger charge is -2.33. The van der Waals surface area contributed by atoms with Crippen LogP contribution < -0.4 is 5.32 Å². The van der Waals surface area contributed by atoms with Crippen molar-refractivity contribution in [1.29, 1.82) is 0 Å². The van der Waals surface area contributed by atoms with Crippen molar-refractivity contribution in [3.8, 4) is 0 Å². The summed E-state index contributed by atoms with van der Waals surface area (Å²) < 4.78 is 13.3. The van der Waals surface area contributed by atoms with Gasteiger partial charge in [0.05, 0.1) is 12.1 Å². The van der Waals surface area contributed by atoms with Gasteiger partial charge in [-0.05, 0) is 55.9 Å². The molecule has 2 N–H and O–H groups in total. The summed E-state index contributed by atoms with van der Waals surface area (Å²) in [6, 6.07) is 4.93. The number of anilines is 1. The van der Waals surface area contributed by atoms with Crippen molar-refractivity contribution in [2.75, 3.05) is 11.9 Å². The predicted octanol–water partition coefficient (Wildman–Crippen LogP) is 3.10. The quantitative estimate of drug-likeness (QED) is 0.824. The molecular weight excluding hydrogens is 217 g/mol. The minimum absolute atomic E-state index is 0.101. The van der Waals surface area contributed by atoms with Crippen molar-refractivity contribution in [2.24, 2.45) is 5.92 Å². The normalized spacial score (nSPS) is 18.8. The summed E-state index contributed by atoms with van der Waals surface area (Å²) >= 11 is 0. The molecule has 0 aromatic heterocycles. The fourth-order valence-electron chi connectivity index (χ4n) is 2.49. The van der Waals surface area contributed by atoms with Crippen LogP contribution in [0.2, 0.25) is 0 Å². The SMILES string of the molecule is CCC(CO)(Nc1cc(C)cc(F)c1)C1CC1. The average Bonchev–Trinajstić information content (AvgIpc) is 3.09. The van der Waals surface area contributed by atoms with Crippen LogP contribution in [0, 0.1) is 18.7 Å². The summed E-state index contributed by atoms with van der Waals surface area (Å²) in [4.78, 5) is 0. The summed E-state index contributed by atoms with van der Waals surface area (Å²) in [6.45, 7) is 4.04. The maximum Gasteiger partial charge on any atom is 0.125 e. The van der Waals surface area contributed by atoms with E-state index in [1.807, 2.05) is 13.0 Å². The van der Waals surface area contributed by atoms with Gasteiger partial charge in [0.2, 0.25) is 0 Å². The Balaban J connectivity index is 2.22. The first-order chi connectivity index (χ1) is 8.09. The maximum absolute atomic E-state index is 13.3. The first kappa shape index (κ1) is 12.4. The molecule has 1 saturated carbocycles. The molecule has 1 aliphatic rings. The van der Waals surface area contributed by atoms with Crippen LogP contribution in [-0.2, 0) is 0 Å². The third kappa shape index (κ3) is 2.60. The van der Waals surface area contributed by atoms with E-state index in [1.54, 1.807) is 0 Å².